The van der Waals surface area contributed by atoms with Crippen molar-refractivity contribution in [1.29, 1.82) is 0 Å². The van der Waals surface area contributed by atoms with Crippen LogP contribution in [-0.4, -0.2) is 46.7 Å². The summed E-state index contributed by atoms with van der Waals surface area (Å²) in [5.74, 6) is -1.21. The van der Waals surface area contributed by atoms with E-state index in [-0.39, 0.29) is 4.90 Å². The van der Waals surface area contributed by atoms with Crippen molar-refractivity contribution in [3.63, 3.8) is 0 Å². The largest absolute Gasteiger partial charge is 0.481 e. The first-order chi connectivity index (χ1) is 9.71. The molecule has 0 bridgehead atoms. The summed E-state index contributed by atoms with van der Waals surface area (Å²) in [4.78, 5) is 17.3. The lowest BCUT2D eigenvalue weighted by Crippen LogP contribution is -2.42. The SMILES string of the molecule is CC(O)(CNS(=O)(=O)c1c[nH]c2ncccc12)CC(=O)O. The molecule has 4 N–H and O–H groups in total. The standard InChI is InChI=1S/C12H15N3O5S/c1-12(18,5-10(16)17)7-15-21(19,20)9-6-14-11-8(9)3-2-4-13-11/h2-4,6,15,18H,5,7H2,1H3,(H,13,14)(H,16,17). The van der Waals surface area contributed by atoms with E-state index in [2.05, 4.69) is 14.7 Å². The van der Waals surface area contributed by atoms with E-state index in [1.165, 1.54) is 19.3 Å². The zero-order valence-corrected chi connectivity index (χ0v) is 12.0. The molecule has 1 unspecified atom stereocenters. The molecule has 114 valence electrons. The molecular formula is C12H15N3O5S. The average molecular weight is 313 g/mol. The molecule has 0 saturated heterocycles. The van der Waals surface area contributed by atoms with Gasteiger partial charge in [-0.1, -0.05) is 0 Å². The second-order valence-corrected chi connectivity index (χ2v) is 6.68. The highest BCUT2D eigenvalue weighted by atomic mass is 32.2. The first-order valence-corrected chi connectivity index (χ1v) is 7.55. The van der Waals surface area contributed by atoms with E-state index in [1.54, 1.807) is 12.1 Å². The normalized spacial score (nSPS) is 15.0. The quantitative estimate of drug-likeness (QED) is 0.596. The van der Waals surface area contributed by atoms with Crippen LogP contribution in [0.3, 0.4) is 0 Å². The summed E-state index contributed by atoms with van der Waals surface area (Å²) in [5, 5.41) is 18.9. The van der Waals surface area contributed by atoms with Gasteiger partial charge in [-0.2, -0.15) is 0 Å². The van der Waals surface area contributed by atoms with Gasteiger partial charge in [0.05, 0.1) is 12.0 Å². The van der Waals surface area contributed by atoms with Gasteiger partial charge in [0, 0.05) is 24.3 Å². The summed E-state index contributed by atoms with van der Waals surface area (Å²) in [6.45, 7) is 0.842. The Morgan fingerprint density at radius 3 is 2.90 bits per heavy atom. The van der Waals surface area contributed by atoms with Crippen LogP contribution in [0.4, 0.5) is 0 Å². The number of hydrogen-bond acceptors (Lipinski definition) is 5. The molecule has 0 aliphatic heterocycles. The molecule has 0 fully saturated rings. The molecule has 2 aromatic rings. The van der Waals surface area contributed by atoms with Gasteiger partial charge in [-0.05, 0) is 19.1 Å². The molecule has 0 radical (unpaired) electrons. The number of hydrogen-bond donors (Lipinski definition) is 4. The maximum atomic E-state index is 12.2. The van der Waals surface area contributed by atoms with E-state index in [9.17, 15) is 18.3 Å². The van der Waals surface area contributed by atoms with Gasteiger partial charge in [0.1, 0.15) is 10.5 Å². The Morgan fingerprint density at radius 1 is 1.52 bits per heavy atom. The predicted octanol–water partition coefficient (Wildman–Crippen LogP) is 0.0669. The summed E-state index contributed by atoms with van der Waals surface area (Å²) in [5.41, 5.74) is -1.25. The molecule has 0 aliphatic carbocycles. The lowest BCUT2D eigenvalue weighted by atomic mass is 10.0. The number of aromatic amines is 1. The van der Waals surface area contributed by atoms with Crippen LogP contribution in [0.2, 0.25) is 0 Å². The van der Waals surface area contributed by atoms with Crippen LogP contribution < -0.4 is 4.72 Å². The molecule has 2 aromatic heterocycles. The minimum atomic E-state index is -3.89. The fourth-order valence-electron chi connectivity index (χ4n) is 1.87. The Kier molecular flexibility index (Phi) is 3.99. The highest BCUT2D eigenvalue weighted by Gasteiger charge is 2.28. The van der Waals surface area contributed by atoms with Crippen LogP contribution >= 0.6 is 0 Å². The van der Waals surface area contributed by atoms with Crippen molar-refractivity contribution < 1.29 is 23.4 Å². The van der Waals surface area contributed by atoms with Crippen molar-refractivity contribution in [1.82, 2.24) is 14.7 Å². The number of fused-ring (bicyclic) bond motifs is 1. The van der Waals surface area contributed by atoms with Gasteiger partial charge in [0.2, 0.25) is 10.0 Å². The Labute approximate surface area is 120 Å². The van der Waals surface area contributed by atoms with Crippen molar-refractivity contribution in [2.75, 3.05) is 6.54 Å². The molecule has 9 heteroatoms. The molecule has 8 nitrogen and oxygen atoms in total. The lowest BCUT2D eigenvalue weighted by Gasteiger charge is -2.21. The van der Waals surface area contributed by atoms with Gasteiger partial charge in [-0.25, -0.2) is 18.1 Å². The number of rotatable bonds is 6. The topological polar surface area (TPSA) is 132 Å². The molecule has 0 saturated carbocycles. The summed E-state index contributed by atoms with van der Waals surface area (Å²) >= 11 is 0. The Morgan fingerprint density at radius 2 is 2.24 bits per heavy atom. The van der Waals surface area contributed by atoms with E-state index in [0.29, 0.717) is 11.0 Å². The van der Waals surface area contributed by atoms with Crippen molar-refractivity contribution in [3.8, 4) is 0 Å². The molecule has 21 heavy (non-hydrogen) atoms. The zero-order valence-electron chi connectivity index (χ0n) is 11.2. The Hall–Kier alpha value is -1.97. The number of sulfonamides is 1. The average Bonchev–Trinajstić information content (AvgIpc) is 2.80. The maximum absolute atomic E-state index is 12.2. The van der Waals surface area contributed by atoms with Crippen LogP contribution in [0, 0.1) is 0 Å². The number of carboxylic acids is 1. The monoisotopic (exact) mass is 313 g/mol. The van der Waals surface area contributed by atoms with Gasteiger partial charge >= 0.3 is 5.97 Å². The molecule has 1 atom stereocenters. The second-order valence-electron chi connectivity index (χ2n) is 4.94. The minimum Gasteiger partial charge on any atom is -0.481 e. The number of nitrogens with one attached hydrogen (secondary N) is 2. The third-order valence-electron chi connectivity index (χ3n) is 2.88. The van der Waals surface area contributed by atoms with E-state index >= 15 is 0 Å². The highest BCUT2D eigenvalue weighted by molar-refractivity contribution is 7.89. The van der Waals surface area contributed by atoms with E-state index in [4.69, 9.17) is 5.11 Å². The van der Waals surface area contributed by atoms with Crippen LogP contribution in [0.1, 0.15) is 13.3 Å². The summed E-state index contributed by atoms with van der Waals surface area (Å²) in [6, 6.07) is 3.21. The molecule has 0 amide bonds. The number of carbonyl (C=O) groups is 1. The highest BCUT2D eigenvalue weighted by Crippen LogP contribution is 2.21. The van der Waals surface area contributed by atoms with Gasteiger partial charge in [0.25, 0.3) is 0 Å². The molecule has 0 spiro atoms. The molecule has 0 aliphatic rings. The van der Waals surface area contributed by atoms with Gasteiger partial charge in [-0.3, -0.25) is 4.79 Å². The smallest absolute Gasteiger partial charge is 0.306 e. The zero-order chi connectivity index (χ0) is 15.7. The maximum Gasteiger partial charge on any atom is 0.306 e. The molecule has 2 rings (SSSR count). The van der Waals surface area contributed by atoms with E-state index in [0.717, 1.165) is 0 Å². The third kappa shape index (κ3) is 3.57. The van der Waals surface area contributed by atoms with Crippen LogP contribution in [-0.2, 0) is 14.8 Å². The number of pyridine rings is 1. The number of carboxylic acid groups (broad SMARTS) is 1. The number of H-pyrrole nitrogens is 1. The van der Waals surface area contributed by atoms with Crippen molar-refractivity contribution in [2.24, 2.45) is 0 Å². The van der Waals surface area contributed by atoms with Crippen molar-refractivity contribution in [3.05, 3.63) is 24.5 Å². The number of aliphatic hydroxyl groups is 1. The summed E-state index contributed by atoms with van der Waals surface area (Å²) in [7, 11) is -3.89. The lowest BCUT2D eigenvalue weighted by molar-refractivity contribution is -0.141. The number of aliphatic carboxylic acids is 1. The predicted molar refractivity (Wildman–Crippen MR) is 74.2 cm³/mol. The van der Waals surface area contributed by atoms with E-state index in [1.807, 2.05) is 0 Å². The molecule has 2 heterocycles. The van der Waals surface area contributed by atoms with Crippen molar-refractivity contribution in [2.45, 2.75) is 23.8 Å². The third-order valence-corrected chi connectivity index (χ3v) is 4.32. The fraction of sp³-hybridized carbons (Fsp3) is 0.333. The minimum absolute atomic E-state index is 0.00303. The van der Waals surface area contributed by atoms with Crippen molar-refractivity contribution >= 4 is 27.0 Å². The van der Waals surface area contributed by atoms with Gasteiger partial charge < -0.3 is 15.2 Å². The van der Waals surface area contributed by atoms with E-state index < -0.39 is 34.6 Å². The summed E-state index contributed by atoms with van der Waals surface area (Å²) < 4.78 is 26.7. The second kappa shape index (κ2) is 5.43. The van der Waals surface area contributed by atoms with Gasteiger partial charge in [0.15, 0.2) is 0 Å². The van der Waals surface area contributed by atoms with Crippen LogP contribution in [0.5, 0.6) is 0 Å². The first-order valence-electron chi connectivity index (χ1n) is 6.07. The van der Waals surface area contributed by atoms with Crippen LogP contribution in [0.25, 0.3) is 11.0 Å². The van der Waals surface area contributed by atoms with Crippen LogP contribution in [0.15, 0.2) is 29.4 Å². The number of aromatic nitrogens is 2. The Bertz CT molecular complexity index is 766. The summed E-state index contributed by atoms with van der Waals surface area (Å²) in [6.07, 6.45) is 2.26. The Balaban J connectivity index is 2.21. The molecular weight excluding hydrogens is 298 g/mol. The first kappa shape index (κ1) is 15.4. The number of nitrogens with zero attached hydrogens (tertiary/aromatic N) is 1. The molecule has 0 aromatic carbocycles. The van der Waals surface area contributed by atoms with Gasteiger partial charge in [-0.15, -0.1) is 0 Å². The fourth-order valence-corrected chi connectivity index (χ4v) is 3.19.